The van der Waals surface area contributed by atoms with Crippen LogP contribution in [0.15, 0.2) is 15.7 Å². The van der Waals surface area contributed by atoms with Gasteiger partial charge in [-0.2, -0.15) is 0 Å². The zero-order chi connectivity index (χ0) is 19.5. The first-order valence-electron chi connectivity index (χ1n) is 7.97. The van der Waals surface area contributed by atoms with Gasteiger partial charge in [0.1, 0.15) is 0 Å². The molecule has 0 heterocycles. The summed E-state index contributed by atoms with van der Waals surface area (Å²) >= 11 is 1.15. The third-order valence-corrected chi connectivity index (χ3v) is 3.45. The van der Waals surface area contributed by atoms with Gasteiger partial charge in [-0.1, -0.05) is 62.3 Å². The predicted molar refractivity (Wildman–Crippen MR) is 102 cm³/mol. The van der Waals surface area contributed by atoms with Gasteiger partial charge in [0.25, 0.3) is 0 Å². The van der Waals surface area contributed by atoms with Crippen LogP contribution in [0.25, 0.3) is 16.4 Å². The molecule has 0 saturated heterocycles. The summed E-state index contributed by atoms with van der Waals surface area (Å²) in [6.07, 6.45) is 3.54. The molecule has 4 nitrogen and oxygen atoms in total. The van der Waals surface area contributed by atoms with Crippen LogP contribution in [0.4, 0.5) is 0 Å². The first kappa shape index (κ1) is 27.7. The molecule has 0 aliphatic carbocycles. The second-order valence-corrected chi connectivity index (χ2v) is 10.1. The van der Waals surface area contributed by atoms with E-state index in [2.05, 4.69) is 76.3 Å². The maximum absolute atomic E-state index is 6.94. The van der Waals surface area contributed by atoms with Gasteiger partial charge in [-0.3, -0.25) is 0 Å². The first-order valence-corrected chi connectivity index (χ1v) is 9.41. The summed E-state index contributed by atoms with van der Waals surface area (Å²) in [7, 11) is 0. The van der Waals surface area contributed by atoms with Crippen LogP contribution in [-0.2, 0) is 20.9 Å². The van der Waals surface area contributed by atoms with Crippen LogP contribution in [0.1, 0.15) is 83.1 Å². The first-order chi connectivity index (χ1) is 9.77. The SMILES string of the molecule is CC(C)(C)[N-]/C=C\[N-]C(C)(C)C.CC(C)(C)[NH-].CC(C)(C)[N]=[Ta]. The molecule has 0 rings (SSSR count). The zero-order valence-electron chi connectivity index (χ0n) is 17.4. The molecular weight excluding hydrogens is 453 g/mol. The number of nitrogens with one attached hydrogen (secondary N) is 1. The van der Waals surface area contributed by atoms with Gasteiger partial charge >= 0.3 is 50.5 Å². The molecule has 139 valence electrons. The number of nitrogens with zero attached hydrogens (tertiary/aromatic N) is 3. The summed E-state index contributed by atoms with van der Waals surface area (Å²) in [5.41, 5.74) is 6.91. The normalized spacial score (nSPS) is 12.5. The van der Waals surface area contributed by atoms with E-state index in [0.717, 1.165) is 20.9 Å². The molecule has 23 heavy (non-hydrogen) atoms. The maximum atomic E-state index is 6.94. The molecule has 0 aliphatic rings. The van der Waals surface area contributed by atoms with E-state index in [1.54, 1.807) is 12.4 Å². The van der Waals surface area contributed by atoms with E-state index in [9.17, 15) is 0 Å². The van der Waals surface area contributed by atoms with Crippen molar-refractivity contribution >= 4 is 0 Å². The fraction of sp³-hybridized carbons (Fsp3) is 0.889. The van der Waals surface area contributed by atoms with Gasteiger partial charge in [0, 0.05) is 0 Å². The molecule has 0 bridgehead atoms. The molecule has 0 aromatic heterocycles. The molecule has 0 aromatic carbocycles. The molecule has 0 spiro atoms. The molecule has 0 atom stereocenters. The standard InChI is InChI=1S/C10H20N2.C4H10N.C4H9N.Ta/c1-9(2,3)11-7-8-12-10(4,5)6;2*1-4(2,3)5;/h7-8H,1-6H3;5H,1-3H3;1-3H3;/q-2;-1;;/b8-7-;;;. The fourth-order valence-electron chi connectivity index (χ4n) is 0.514. The Balaban J connectivity index is -0.000000303. The molecule has 0 amide bonds. The summed E-state index contributed by atoms with van der Waals surface area (Å²) in [6.45, 7) is 24.3. The van der Waals surface area contributed by atoms with Crippen molar-refractivity contribution in [3.05, 3.63) is 28.8 Å². The van der Waals surface area contributed by atoms with Gasteiger partial charge in [0.05, 0.1) is 0 Å². The summed E-state index contributed by atoms with van der Waals surface area (Å²) in [4.78, 5) is 0. The van der Waals surface area contributed by atoms with Crippen molar-refractivity contribution in [3.63, 3.8) is 0 Å². The van der Waals surface area contributed by atoms with Crippen molar-refractivity contribution in [2.45, 2.75) is 105 Å². The van der Waals surface area contributed by atoms with E-state index < -0.39 is 0 Å². The minimum atomic E-state index is -0.250. The topological polar surface area (TPSA) is 64.4 Å². The number of hydrogen-bond donors (Lipinski definition) is 0. The van der Waals surface area contributed by atoms with Crippen molar-refractivity contribution in [1.29, 1.82) is 0 Å². The van der Waals surface area contributed by atoms with E-state index in [1.165, 1.54) is 0 Å². The van der Waals surface area contributed by atoms with Gasteiger partial charge < -0.3 is 16.4 Å². The fourth-order valence-corrected chi connectivity index (χ4v) is 0.514. The molecule has 0 aromatic rings. The molecule has 0 saturated carbocycles. The molecule has 0 unspecified atom stereocenters. The molecule has 0 aliphatic heterocycles. The van der Waals surface area contributed by atoms with Crippen LogP contribution in [0.3, 0.4) is 0 Å². The molecule has 0 fully saturated rings. The third-order valence-electron chi connectivity index (χ3n) is 1.29. The summed E-state index contributed by atoms with van der Waals surface area (Å²) in [5, 5.41) is 8.57. The number of rotatable bonds is 2. The van der Waals surface area contributed by atoms with E-state index in [-0.39, 0.29) is 22.2 Å². The Kier molecular flexibility index (Phi) is 13.7. The average molecular weight is 492 g/mol. The van der Waals surface area contributed by atoms with Crippen LogP contribution in [-0.4, -0.2) is 22.2 Å². The molecule has 0 radical (unpaired) electrons. The van der Waals surface area contributed by atoms with Crippen molar-refractivity contribution in [2.75, 3.05) is 0 Å². The Morgan fingerprint density at radius 2 is 0.870 bits per heavy atom. The van der Waals surface area contributed by atoms with Crippen LogP contribution < -0.4 is 0 Å². The predicted octanol–water partition coefficient (Wildman–Crippen LogP) is 7.15. The molecule has 5 heteroatoms. The van der Waals surface area contributed by atoms with E-state index in [1.807, 2.05) is 20.8 Å². The molecule has 1 N–H and O–H groups in total. The Morgan fingerprint density at radius 1 is 0.696 bits per heavy atom. The van der Waals surface area contributed by atoms with Crippen molar-refractivity contribution < 1.29 is 20.9 Å². The van der Waals surface area contributed by atoms with Crippen LogP contribution in [0, 0.1) is 0 Å². The Hall–Kier alpha value is -0.160. The van der Waals surface area contributed by atoms with Gasteiger partial charge in [0.15, 0.2) is 0 Å². The average Bonchev–Trinajstić information content (AvgIpc) is 2.19. The summed E-state index contributed by atoms with van der Waals surface area (Å²) in [6, 6.07) is 0. The van der Waals surface area contributed by atoms with E-state index in [4.69, 9.17) is 5.73 Å². The second kappa shape index (κ2) is 11.4. The Morgan fingerprint density at radius 3 is 0.957 bits per heavy atom. The quantitative estimate of drug-likeness (QED) is 0.393. The van der Waals surface area contributed by atoms with Gasteiger partial charge in [-0.05, 0) is 0 Å². The van der Waals surface area contributed by atoms with E-state index in [0.29, 0.717) is 0 Å². The summed E-state index contributed by atoms with van der Waals surface area (Å²) in [5.74, 6) is 0. The van der Waals surface area contributed by atoms with Gasteiger partial charge in [0.2, 0.25) is 0 Å². The van der Waals surface area contributed by atoms with Crippen LogP contribution in [0.2, 0.25) is 0 Å². The van der Waals surface area contributed by atoms with E-state index >= 15 is 0 Å². The number of hydrogen-bond acceptors (Lipinski definition) is 1. The minimum absolute atomic E-state index is 0.00387. The van der Waals surface area contributed by atoms with Crippen molar-refractivity contribution in [1.82, 2.24) is 0 Å². The van der Waals surface area contributed by atoms with Gasteiger partial charge in [-0.15, -0.1) is 16.6 Å². The Bertz CT molecular complexity index is 299. The van der Waals surface area contributed by atoms with Crippen molar-refractivity contribution in [3.8, 4) is 0 Å². The van der Waals surface area contributed by atoms with Crippen molar-refractivity contribution in [2.24, 2.45) is 3.34 Å². The second-order valence-electron chi connectivity index (χ2n) is 9.42. The third kappa shape index (κ3) is 61.3. The van der Waals surface area contributed by atoms with Gasteiger partial charge in [-0.25, -0.2) is 12.4 Å². The zero-order valence-corrected chi connectivity index (χ0v) is 20.7. The Labute approximate surface area is 158 Å². The summed E-state index contributed by atoms with van der Waals surface area (Å²) < 4.78 is 4.13. The monoisotopic (exact) mass is 492 g/mol. The van der Waals surface area contributed by atoms with Crippen LogP contribution >= 0.6 is 0 Å². The van der Waals surface area contributed by atoms with Crippen LogP contribution in [0.5, 0.6) is 0 Å². The molecular formula is C18H39N4Ta-3.